The van der Waals surface area contributed by atoms with Crippen LogP contribution in [-0.2, 0) is 16.6 Å². The summed E-state index contributed by atoms with van der Waals surface area (Å²) in [6.07, 6.45) is 1.61. The van der Waals surface area contributed by atoms with Crippen molar-refractivity contribution in [3.05, 3.63) is 75.6 Å². The molecule has 35 heavy (non-hydrogen) atoms. The molecule has 1 heterocycles. The maximum absolute atomic E-state index is 13.1. The van der Waals surface area contributed by atoms with E-state index < -0.39 is 14.9 Å². The van der Waals surface area contributed by atoms with E-state index in [1.54, 1.807) is 18.3 Å². The first-order chi connectivity index (χ1) is 16.5. The van der Waals surface area contributed by atoms with Gasteiger partial charge in [-0.05, 0) is 56.2 Å². The molecule has 3 aromatic rings. The third kappa shape index (κ3) is 6.18. The fourth-order valence-corrected chi connectivity index (χ4v) is 4.82. The first-order valence-corrected chi connectivity index (χ1v) is 12.4. The maximum Gasteiger partial charge on any atom is 0.270 e. The van der Waals surface area contributed by atoms with Gasteiger partial charge in [0.1, 0.15) is 10.6 Å². The quantitative estimate of drug-likeness (QED) is 0.231. The minimum Gasteiger partial charge on any atom is -0.497 e. The van der Waals surface area contributed by atoms with Gasteiger partial charge in [-0.25, -0.2) is 8.42 Å². The number of hydrogen-bond donors (Lipinski definition) is 2. The highest BCUT2D eigenvalue weighted by Crippen LogP contribution is 2.29. The zero-order valence-corrected chi connectivity index (χ0v) is 21.1. The summed E-state index contributed by atoms with van der Waals surface area (Å²) < 4.78 is 36.0. The van der Waals surface area contributed by atoms with E-state index in [0.29, 0.717) is 11.7 Å². The van der Waals surface area contributed by atoms with Gasteiger partial charge < -0.3 is 9.30 Å². The van der Waals surface area contributed by atoms with Crippen LogP contribution < -0.4 is 14.9 Å². The molecule has 0 fully saturated rings. The summed E-state index contributed by atoms with van der Waals surface area (Å²) in [4.78, 5) is 10.3. The molecule has 0 aliphatic carbocycles. The summed E-state index contributed by atoms with van der Waals surface area (Å²) in [6.45, 7) is 9.18. The number of nitro benzene ring substituents is 1. The van der Waals surface area contributed by atoms with Crippen LogP contribution in [0.5, 0.6) is 5.75 Å². The van der Waals surface area contributed by atoms with Crippen LogP contribution in [0.1, 0.15) is 30.8 Å². The number of anilines is 2. The molecule has 0 amide bonds. The first-order valence-electron chi connectivity index (χ1n) is 10.9. The molecular formula is C24H29N5O5S. The number of nitrogens with zero attached hydrogens (tertiary/aromatic N) is 3. The van der Waals surface area contributed by atoms with Crippen molar-refractivity contribution in [2.75, 3.05) is 17.3 Å². The lowest BCUT2D eigenvalue weighted by Crippen LogP contribution is -2.15. The third-order valence-electron chi connectivity index (χ3n) is 5.36. The fourth-order valence-electron chi connectivity index (χ4n) is 3.58. The predicted octanol–water partition coefficient (Wildman–Crippen LogP) is 4.92. The Morgan fingerprint density at radius 1 is 1.14 bits per heavy atom. The second-order valence-corrected chi connectivity index (χ2v) is 10.1. The lowest BCUT2D eigenvalue weighted by atomic mass is 10.2. The van der Waals surface area contributed by atoms with E-state index in [-0.39, 0.29) is 22.0 Å². The Bertz CT molecular complexity index is 1350. The Kier molecular flexibility index (Phi) is 7.80. The van der Waals surface area contributed by atoms with E-state index in [1.807, 2.05) is 19.9 Å². The number of ether oxygens (including phenoxy) is 1. The predicted molar refractivity (Wildman–Crippen MR) is 137 cm³/mol. The van der Waals surface area contributed by atoms with Crippen LogP contribution in [0.25, 0.3) is 0 Å². The van der Waals surface area contributed by atoms with Crippen molar-refractivity contribution >= 4 is 33.3 Å². The molecule has 10 nitrogen and oxygen atoms in total. The number of rotatable bonds is 10. The smallest absolute Gasteiger partial charge is 0.270 e. The van der Waals surface area contributed by atoms with Gasteiger partial charge in [0.25, 0.3) is 15.7 Å². The van der Waals surface area contributed by atoms with Crippen molar-refractivity contribution in [1.82, 2.24) is 4.57 Å². The molecule has 186 valence electrons. The lowest BCUT2D eigenvalue weighted by molar-refractivity contribution is -0.385. The maximum atomic E-state index is 13.1. The van der Waals surface area contributed by atoms with Gasteiger partial charge in [0.05, 0.1) is 23.9 Å². The van der Waals surface area contributed by atoms with Gasteiger partial charge in [0, 0.05) is 41.3 Å². The highest BCUT2D eigenvalue weighted by Gasteiger charge is 2.23. The van der Waals surface area contributed by atoms with Crippen molar-refractivity contribution in [1.29, 1.82) is 0 Å². The van der Waals surface area contributed by atoms with E-state index in [9.17, 15) is 18.5 Å². The fraction of sp³-hybridized carbons (Fsp3) is 0.292. The summed E-state index contributed by atoms with van der Waals surface area (Å²) in [7, 11) is -2.67. The number of aromatic nitrogens is 1. The summed E-state index contributed by atoms with van der Waals surface area (Å²) in [5.74, 6) is 1.04. The first kappa shape index (κ1) is 25.8. The molecule has 0 atom stereocenters. The Morgan fingerprint density at radius 2 is 1.83 bits per heavy atom. The van der Waals surface area contributed by atoms with E-state index in [2.05, 4.69) is 33.7 Å². The lowest BCUT2D eigenvalue weighted by Gasteiger charge is -2.12. The Balaban J connectivity index is 1.91. The Morgan fingerprint density at radius 3 is 2.43 bits per heavy atom. The van der Waals surface area contributed by atoms with Crippen LogP contribution >= 0.6 is 0 Å². The summed E-state index contributed by atoms with van der Waals surface area (Å²) >= 11 is 0. The molecule has 0 saturated carbocycles. The van der Waals surface area contributed by atoms with Gasteiger partial charge >= 0.3 is 0 Å². The molecule has 0 unspecified atom stereocenters. The van der Waals surface area contributed by atoms with Gasteiger partial charge in [-0.2, -0.15) is 5.10 Å². The number of aryl methyl sites for hydroxylation is 1. The average molecular weight is 500 g/mol. The zero-order chi connectivity index (χ0) is 25.8. The van der Waals surface area contributed by atoms with Gasteiger partial charge in [0.2, 0.25) is 0 Å². The van der Waals surface area contributed by atoms with Crippen LogP contribution in [0, 0.1) is 29.9 Å². The van der Waals surface area contributed by atoms with Crippen molar-refractivity contribution in [2.45, 2.75) is 39.1 Å². The molecule has 0 aliphatic heterocycles. The second-order valence-electron chi connectivity index (χ2n) is 8.47. The number of nitrogens with one attached hydrogen (secondary N) is 2. The number of benzene rings is 2. The third-order valence-corrected chi connectivity index (χ3v) is 6.78. The van der Waals surface area contributed by atoms with Crippen molar-refractivity contribution in [3.8, 4) is 5.75 Å². The highest BCUT2D eigenvalue weighted by atomic mass is 32.2. The minimum absolute atomic E-state index is 0.101. The standard InChI is InChI=1S/C24H29N5O5S/c1-16(2)15-28-17(3)12-19(18(28)4)14-25-26-23-11-8-21(29(30)31)13-24(23)35(32,33)27-20-6-9-22(34-5)10-7-20/h6-14,16,26-27H,15H2,1-5H3. The molecule has 0 saturated heterocycles. The molecule has 3 rings (SSSR count). The molecule has 0 spiro atoms. The molecule has 2 N–H and O–H groups in total. The minimum atomic E-state index is -4.17. The molecule has 0 aliphatic rings. The van der Waals surface area contributed by atoms with Crippen LogP contribution in [0.2, 0.25) is 0 Å². The molecule has 2 aromatic carbocycles. The van der Waals surface area contributed by atoms with Crippen LogP contribution in [0.15, 0.2) is 58.5 Å². The van der Waals surface area contributed by atoms with Crippen molar-refractivity contribution in [2.24, 2.45) is 11.0 Å². The number of sulfonamides is 1. The van der Waals surface area contributed by atoms with Crippen LogP contribution in [-0.4, -0.2) is 31.2 Å². The van der Waals surface area contributed by atoms with E-state index in [0.717, 1.165) is 29.6 Å². The summed E-state index contributed by atoms with van der Waals surface area (Å²) in [5, 5.41) is 15.5. The Labute approximate surface area is 204 Å². The van der Waals surface area contributed by atoms with Gasteiger partial charge in [-0.15, -0.1) is 0 Å². The molecule has 0 bridgehead atoms. The topological polar surface area (TPSA) is 128 Å². The zero-order valence-electron chi connectivity index (χ0n) is 20.3. The summed E-state index contributed by atoms with van der Waals surface area (Å²) in [5.41, 5.74) is 5.79. The molecule has 11 heteroatoms. The number of methoxy groups -OCH3 is 1. The second kappa shape index (κ2) is 10.6. The molecule has 0 radical (unpaired) electrons. The normalized spacial score (nSPS) is 11.7. The number of non-ortho nitro benzene ring substituents is 1. The van der Waals surface area contributed by atoms with E-state index >= 15 is 0 Å². The molecule has 1 aromatic heterocycles. The number of nitro groups is 1. The van der Waals surface area contributed by atoms with Crippen LogP contribution in [0.4, 0.5) is 17.1 Å². The van der Waals surface area contributed by atoms with Crippen LogP contribution in [0.3, 0.4) is 0 Å². The Hall–Kier alpha value is -3.86. The van der Waals surface area contributed by atoms with Gasteiger partial charge in [-0.1, -0.05) is 13.8 Å². The van der Waals surface area contributed by atoms with Gasteiger partial charge in [0.15, 0.2) is 0 Å². The SMILES string of the molecule is COc1ccc(NS(=O)(=O)c2cc([N+](=O)[O-])ccc2NN=Cc2cc(C)n(CC(C)C)c2C)cc1. The monoisotopic (exact) mass is 499 g/mol. The highest BCUT2D eigenvalue weighted by molar-refractivity contribution is 7.92. The largest absolute Gasteiger partial charge is 0.497 e. The van der Waals surface area contributed by atoms with Gasteiger partial charge in [-0.3, -0.25) is 20.3 Å². The average Bonchev–Trinajstić information content (AvgIpc) is 3.06. The van der Waals surface area contributed by atoms with Crippen molar-refractivity contribution in [3.63, 3.8) is 0 Å². The number of hydrogen-bond acceptors (Lipinski definition) is 7. The van der Waals surface area contributed by atoms with E-state index in [4.69, 9.17) is 4.74 Å². The molecular weight excluding hydrogens is 470 g/mol. The van der Waals surface area contributed by atoms with E-state index in [1.165, 1.54) is 31.4 Å². The summed E-state index contributed by atoms with van der Waals surface area (Å²) in [6, 6.07) is 11.8. The van der Waals surface area contributed by atoms with Crippen molar-refractivity contribution < 1.29 is 18.1 Å². The number of hydrazone groups is 1.